The van der Waals surface area contributed by atoms with Crippen molar-refractivity contribution >= 4 is 0 Å². The Hall–Kier alpha value is -0.200. The second-order valence-electron chi connectivity index (χ2n) is 4.74. The van der Waals surface area contributed by atoms with Crippen LogP contribution in [0.4, 0.5) is 0 Å². The maximum Gasteiger partial charge on any atom is 0.104 e. The zero-order valence-corrected chi connectivity index (χ0v) is 10.6. The van der Waals surface area contributed by atoms with E-state index in [2.05, 4.69) is 0 Å². The summed E-state index contributed by atoms with van der Waals surface area (Å²) in [4.78, 5) is 0. The highest BCUT2D eigenvalue weighted by atomic mass is 16.6. The van der Waals surface area contributed by atoms with Crippen molar-refractivity contribution in [3.63, 3.8) is 0 Å². The summed E-state index contributed by atoms with van der Waals surface area (Å²) in [7, 11) is 0. The second-order valence-corrected chi connectivity index (χ2v) is 4.74. The summed E-state index contributed by atoms with van der Waals surface area (Å²) in [6.45, 7) is 8.24. The Balaban J connectivity index is 0.00000162. The molecule has 4 atom stereocenters. The summed E-state index contributed by atoms with van der Waals surface area (Å²) in [5.74, 6) is 0. The van der Waals surface area contributed by atoms with Crippen LogP contribution in [0.25, 0.3) is 0 Å². The average Bonchev–Trinajstić information content (AvgIpc) is 3.15. The topological polar surface area (TPSA) is 52.8 Å². The fourth-order valence-corrected chi connectivity index (χ4v) is 1.36. The van der Waals surface area contributed by atoms with Crippen LogP contribution >= 0.6 is 0 Å². The summed E-state index contributed by atoms with van der Waals surface area (Å²) in [6.07, 6.45) is 0.838. The normalized spacial score (nSPS) is 26.8. The molecular weight excluding hydrogens is 248 g/mol. The molecule has 2 aliphatic rings. The third kappa shape index (κ3) is 9.35. The maximum absolute atomic E-state index is 5.63. The van der Waals surface area contributed by atoms with Crippen LogP contribution < -0.4 is 0 Å². The molecule has 0 aromatic heterocycles. The molecule has 2 aliphatic heterocycles. The van der Waals surface area contributed by atoms with Gasteiger partial charge in [0, 0.05) is 0 Å². The van der Waals surface area contributed by atoms with E-state index in [0.29, 0.717) is 38.6 Å². The molecule has 0 aromatic rings. The highest BCUT2D eigenvalue weighted by molar-refractivity contribution is 4.69. The lowest BCUT2D eigenvalue weighted by atomic mass is 10.4. The van der Waals surface area contributed by atoms with E-state index in [1.54, 1.807) is 0 Å². The smallest absolute Gasteiger partial charge is 0.104 e. The molecule has 19 heavy (non-hydrogen) atoms. The second kappa shape index (κ2) is 9.66. The van der Waals surface area contributed by atoms with Crippen LogP contribution in [0.15, 0.2) is 0 Å². The van der Waals surface area contributed by atoms with Crippen LogP contribution in [0.3, 0.4) is 0 Å². The summed E-state index contributed by atoms with van der Waals surface area (Å²) in [5.41, 5.74) is 0. The van der Waals surface area contributed by atoms with E-state index in [0.717, 1.165) is 13.2 Å². The molecular formula is C14H30O5. The van der Waals surface area contributed by atoms with Crippen molar-refractivity contribution in [2.24, 2.45) is 0 Å². The van der Waals surface area contributed by atoms with E-state index in [-0.39, 0.29) is 27.1 Å². The van der Waals surface area contributed by atoms with Gasteiger partial charge in [-0.2, -0.15) is 0 Å². The summed E-state index contributed by atoms with van der Waals surface area (Å²) >= 11 is 0. The maximum atomic E-state index is 5.63. The van der Waals surface area contributed by atoms with Gasteiger partial charge >= 0.3 is 0 Å². The first-order valence-electron chi connectivity index (χ1n) is 6.28. The molecule has 0 aliphatic carbocycles. The van der Waals surface area contributed by atoms with Gasteiger partial charge in [0.2, 0.25) is 0 Å². The lowest BCUT2D eigenvalue weighted by Crippen LogP contribution is -2.25. The highest BCUT2D eigenvalue weighted by Gasteiger charge is 2.24. The Bertz CT molecular complexity index is 216. The Morgan fingerprint density at radius 3 is 2.00 bits per heavy atom. The fourth-order valence-electron chi connectivity index (χ4n) is 1.36. The molecule has 2 rings (SSSR count). The molecule has 0 bridgehead atoms. The van der Waals surface area contributed by atoms with Crippen LogP contribution in [0.2, 0.25) is 0 Å². The van der Waals surface area contributed by atoms with Crippen molar-refractivity contribution in [1.82, 2.24) is 0 Å². The van der Waals surface area contributed by atoms with E-state index in [4.69, 9.17) is 23.7 Å². The van der Waals surface area contributed by atoms with Crippen molar-refractivity contribution in [3.05, 3.63) is 0 Å². The molecule has 4 unspecified atom stereocenters. The van der Waals surface area contributed by atoms with Gasteiger partial charge in [0.1, 0.15) is 12.2 Å². The summed E-state index contributed by atoms with van der Waals surface area (Å²) in [6, 6.07) is 0. The number of epoxide rings is 2. The minimum Gasteiger partial charge on any atom is -0.376 e. The molecule has 2 heterocycles. The first kappa shape index (κ1) is 18.8. The lowest BCUT2D eigenvalue weighted by Gasteiger charge is -2.17. The number of rotatable bonds is 10. The van der Waals surface area contributed by atoms with Crippen molar-refractivity contribution in [2.45, 2.75) is 53.1 Å². The van der Waals surface area contributed by atoms with Gasteiger partial charge in [-0.1, -0.05) is 14.9 Å². The van der Waals surface area contributed by atoms with Gasteiger partial charge in [-0.3, -0.25) is 0 Å². The Morgan fingerprint density at radius 1 is 0.895 bits per heavy atom. The quantitative estimate of drug-likeness (QED) is 0.571. The van der Waals surface area contributed by atoms with Crippen LogP contribution in [0, 0.1) is 0 Å². The van der Waals surface area contributed by atoms with Gasteiger partial charge in [-0.15, -0.1) is 0 Å². The fraction of sp³-hybridized carbons (Fsp3) is 1.00. The third-order valence-electron chi connectivity index (χ3n) is 2.64. The van der Waals surface area contributed by atoms with E-state index in [9.17, 15) is 0 Å². The Kier molecular flexibility index (Phi) is 9.56. The van der Waals surface area contributed by atoms with Crippen LogP contribution in [-0.2, 0) is 23.7 Å². The Morgan fingerprint density at radius 2 is 1.42 bits per heavy atom. The van der Waals surface area contributed by atoms with E-state index in [1.165, 1.54) is 0 Å². The molecule has 2 fully saturated rings. The SMILES string of the molecule is C.C.CC(COCC1CO1)OCC(C)OCC1CO1. The van der Waals surface area contributed by atoms with E-state index < -0.39 is 0 Å². The minimum atomic E-state index is 0. The predicted molar refractivity (Wildman–Crippen MR) is 74.6 cm³/mol. The predicted octanol–water partition coefficient (Wildman–Crippen LogP) is 1.88. The minimum absolute atomic E-state index is 0. The van der Waals surface area contributed by atoms with Gasteiger partial charge in [-0.25, -0.2) is 0 Å². The number of hydrogen-bond acceptors (Lipinski definition) is 5. The largest absolute Gasteiger partial charge is 0.376 e. The molecule has 2 saturated heterocycles. The van der Waals surface area contributed by atoms with Gasteiger partial charge < -0.3 is 23.7 Å². The summed E-state index contributed by atoms with van der Waals surface area (Å²) in [5, 5.41) is 0. The molecule has 5 heteroatoms. The van der Waals surface area contributed by atoms with Crippen molar-refractivity contribution in [2.75, 3.05) is 39.6 Å². The van der Waals surface area contributed by atoms with Gasteiger partial charge in [-0.05, 0) is 13.8 Å². The van der Waals surface area contributed by atoms with Crippen molar-refractivity contribution in [3.8, 4) is 0 Å². The molecule has 0 N–H and O–H groups in total. The average molecular weight is 278 g/mol. The molecule has 5 nitrogen and oxygen atoms in total. The molecule has 0 saturated carbocycles. The highest BCUT2D eigenvalue weighted by Crippen LogP contribution is 2.11. The standard InChI is InChI=1S/C12H22O5.2CH4/c1-9(3-13-5-11-7-16-11)14-4-10(2)15-6-12-8-17-12;;/h9-12H,3-8H2,1-2H3;2*1H4. The molecule has 116 valence electrons. The Labute approximate surface area is 117 Å². The lowest BCUT2D eigenvalue weighted by molar-refractivity contribution is -0.0600. The van der Waals surface area contributed by atoms with Crippen LogP contribution in [-0.4, -0.2) is 64.1 Å². The van der Waals surface area contributed by atoms with Crippen LogP contribution in [0.5, 0.6) is 0 Å². The number of ether oxygens (including phenoxy) is 5. The zero-order valence-electron chi connectivity index (χ0n) is 10.6. The van der Waals surface area contributed by atoms with Crippen molar-refractivity contribution < 1.29 is 23.7 Å². The summed E-state index contributed by atoms with van der Waals surface area (Å²) < 4.78 is 26.8. The van der Waals surface area contributed by atoms with Gasteiger partial charge in [0.25, 0.3) is 0 Å². The molecule has 0 aromatic carbocycles. The van der Waals surface area contributed by atoms with E-state index >= 15 is 0 Å². The van der Waals surface area contributed by atoms with Gasteiger partial charge in [0.05, 0.1) is 51.8 Å². The van der Waals surface area contributed by atoms with Crippen molar-refractivity contribution in [1.29, 1.82) is 0 Å². The molecule has 0 amide bonds. The monoisotopic (exact) mass is 278 g/mol. The zero-order chi connectivity index (χ0) is 12.1. The van der Waals surface area contributed by atoms with E-state index in [1.807, 2.05) is 13.8 Å². The first-order chi connectivity index (χ1) is 8.24. The van der Waals surface area contributed by atoms with Gasteiger partial charge in [0.15, 0.2) is 0 Å². The molecule has 0 spiro atoms. The first-order valence-corrected chi connectivity index (χ1v) is 6.28. The third-order valence-corrected chi connectivity index (χ3v) is 2.64. The van der Waals surface area contributed by atoms with Crippen LogP contribution in [0.1, 0.15) is 28.7 Å². The number of hydrogen-bond donors (Lipinski definition) is 0. The molecule has 0 radical (unpaired) electrons.